The van der Waals surface area contributed by atoms with Crippen LogP contribution in [0.4, 0.5) is 0 Å². The van der Waals surface area contributed by atoms with E-state index >= 15 is 0 Å². The topological polar surface area (TPSA) is 30.9 Å². The van der Waals surface area contributed by atoms with Crippen LogP contribution in [0.3, 0.4) is 0 Å². The van der Waals surface area contributed by atoms with Gasteiger partial charge in [-0.25, -0.2) is 4.90 Å². The molecule has 3 saturated heterocycles. The average Bonchev–Trinajstić information content (AvgIpc) is 3.38. The second-order valence-corrected chi connectivity index (χ2v) is 10.8. The van der Waals surface area contributed by atoms with Gasteiger partial charge in [0.1, 0.15) is 35.5 Å². The predicted octanol–water partition coefficient (Wildman–Crippen LogP) is 5.36. The summed E-state index contributed by atoms with van der Waals surface area (Å²) in [6.07, 6.45) is 1.86. The minimum Gasteiger partial charge on any atom is -0.349 e. The van der Waals surface area contributed by atoms with Crippen LogP contribution < -0.4 is 0 Å². The third kappa shape index (κ3) is 3.61. The highest BCUT2D eigenvalue weighted by atomic mass is 16.7. The second-order valence-electron chi connectivity index (χ2n) is 10.8. The van der Waals surface area contributed by atoms with Crippen molar-refractivity contribution in [2.75, 3.05) is 0 Å². The Morgan fingerprint density at radius 2 is 0.765 bits per heavy atom. The van der Waals surface area contributed by atoms with Gasteiger partial charge in [-0.15, -0.1) is 0 Å². The fourth-order valence-electron chi connectivity index (χ4n) is 6.20. The lowest BCUT2D eigenvalue weighted by atomic mass is 9.94. The normalized spacial score (nSPS) is 36.6. The minimum atomic E-state index is -0.472. The van der Waals surface area contributed by atoms with Gasteiger partial charge in [0.25, 0.3) is 0 Å². The van der Waals surface area contributed by atoms with E-state index in [0.717, 1.165) is 19.3 Å². The molecule has 176 valence electrons. The van der Waals surface area contributed by atoms with Crippen LogP contribution >= 0.6 is 0 Å². The molecule has 3 fully saturated rings. The average molecular weight is 456 g/mol. The summed E-state index contributed by atoms with van der Waals surface area (Å²) < 4.78 is 20.8. The van der Waals surface area contributed by atoms with Crippen LogP contribution in [-0.4, -0.2) is 40.4 Å². The van der Waals surface area contributed by atoms with E-state index in [1.165, 1.54) is 16.7 Å². The van der Waals surface area contributed by atoms with Crippen molar-refractivity contribution < 1.29 is 14.2 Å². The molecule has 0 radical (unpaired) electrons. The van der Waals surface area contributed by atoms with Gasteiger partial charge in [-0.3, -0.25) is 0 Å². The van der Waals surface area contributed by atoms with Crippen molar-refractivity contribution >= 4 is 0 Å². The molecule has 3 heterocycles. The number of benzene rings is 3. The highest BCUT2D eigenvalue weighted by molar-refractivity contribution is 5.25. The Balaban J connectivity index is 1.37. The van der Waals surface area contributed by atoms with E-state index in [1.54, 1.807) is 0 Å². The molecule has 6 rings (SSSR count). The molecule has 0 aliphatic carbocycles. The molecule has 6 unspecified atom stereocenters. The first-order valence-corrected chi connectivity index (χ1v) is 12.3. The van der Waals surface area contributed by atoms with Crippen LogP contribution in [0.2, 0.25) is 0 Å². The zero-order chi connectivity index (χ0) is 23.4. The summed E-state index contributed by atoms with van der Waals surface area (Å²) in [5.41, 5.74) is 2.36. The molecular formula is C30H33NO3. The van der Waals surface area contributed by atoms with E-state index in [9.17, 15) is 0 Å². The van der Waals surface area contributed by atoms with Gasteiger partial charge in [-0.1, -0.05) is 91.0 Å². The molecule has 6 atom stereocenters. The smallest absolute Gasteiger partial charge is 0.145 e. The van der Waals surface area contributed by atoms with E-state index in [1.807, 2.05) is 0 Å². The maximum Gasteiger partial charge on any atom is 0.145 e. The van der Waals surface area contributed by atoms with E-state index in [2.05, 4.69) is 117 Å². The summed E-state index contributed by atoms with van der Waals surface area (Å²) in [7, 11) is 0. The Morgan fingerprint density at radius 3 is 1.03 bits per heavy atom. The van der Waals surface area contributed by atoms with Crippen molar-refractivity contribution in [3.05, 3.63) is 108 Å². The largest absolute Gasteiger partial charge is 0.349 e. The monoisotopic (exact) mass is 455 g/mol. The molecule has 3 aromatic carbocycles. The molecule has 4 nitrogen and oxygen atoms in total. The van der Waals surface area contributed by atoms with E-state index in [4.69, 9.17) is 14.2 Å². The lowest BCUT2D eigenvalue weighted by Crippen LogP contribution is -2.43. The third-order valence-electron chi connectivity index (χ3n) is 7.72. The zero-order valence-electron chi connectivity index (χ0n) is 20.2. The standard InChI is InChI=1S/C30H33NO3/c1-28(19-22-13-7-4-8-14-22)25-31-26(32-28)29(2,20-23-15-9-5-10-16-23)34-27(31)30(3,33-25)21-24-17-11-6-12-18-24/h4-18,25-27H,19-21H2,1-3H3. The molecule has 3 aliphatic rings. The first-order chi connectivity index (χ1) is 16.4. The minimum absolute atomic E-state index is 0.172. The van der Waals surface area contributed by atoms with Gasteiger partial charge in [0.15, 0.2) is 0 Å². The maximum atomic E-state index is 6.92. The van der Waals surface area contributed by atoms with Crippen LogP contribution in [0.1, 0.15) is 37.5 Å². The second kappa shape index (κ2) is 8.03. The predicted molar refractivity (Wildman–Crippen MR) is 132 cm³/mol. The molecule has 0 spiro atoms. The van der Waals surface area contributed by atoms with Gasteiger partial charge in [0, 0.05) is 19.3 Å². The summed E-state index contributed by atoms with van der Waals surface area (Å²) in [6, 6.07) is 31.8. The van der Waals surface area contributed by atoms with Gasteiger partial charge in [0.2, 0.25) is 0 Å². The fraction of sp³-hybridized carbons (Fsp3) is 0.400. The quantitative estimate of drug-likeness (QED) is 0.501. The van der Waals surface area contributed by atoms with Crippen LogP contribution in [0.25, 0.3) is 0 Å². The molecule has 4 heteroatoms. The molecule has 0 saturated carbocycles. The maximum absolute atomic E-state index is 6.92. The summed E-state index contributed by atoms with van der Waals surface area (Å²) in [6.45, 7) is 6.62. The number of hydrogen-bond donors (Lipinski definition) is 0. The van der Waals surface area contributed by atoms with E-state index in [-0.39, 0.29) is 18.7 Å². The Bertz CT molecular complexity index is 993. The van der Waals surface area contributed by atoms with Crippen LogP contribution in [0, 0.1) is 0 Å². The zero-order valence-corrected chi connectivity index (χ0v) is 20.2. The number of ether oxygens (including phenoxy) is 3. The Morgan fingerprint density at radius 1 is 0.500 bits per heavy atom. The van der Waals surface area contributed by atoms with Crippen molar-refractivity contribution in [2.24, 2.45) is 0 Å². The van der Waals surface area contributed by atoms with E-state index < -0.39 is 16.8 Å². The lowest BCUT2D eigenvalue weighted by Gasteiger charge is -2.32. The SMILES string of the molecule is CC1(Cc2ccccc2)OC2N3C1OC(C)(Cc1ccccc1)C3OC2(C)Cc1ccccc1. The van der Waals surface area contributed by atoms with Gasteiger partial charge in [-0.05, 0) is 37.5 Å². The molecule has 0 N–H and O–H groups in total. The van der Waals surface area contributed by atoms with Gasteiger partial charge < -0.3 is 14.2 Å². The Labute approximate surface area is 202 Å². The van der Waals surface area contributed by atoms with Crippen molar-refractivity contribution in [3.8, 4) is 0 Å². The van der Waals surface area contributed by atoms with Gasteiger partial charge in [0.05, 0.1) is 0 Å². The molecule has 0 bridgehead atoms. The fourth-order valence-corrected chi connectivity index (χ4v) is 6.20. The Kier molecular flexibility index (Phi) is 5.19. The summed E-state index contributed by atoms with van der Waals surface area (Å²) in [5, 5.41) is 0. The first kappa shape index (κ1) is 22.0. The molecule has 0 aromatic heterocycles. The Hall–Kier alpha value is -2.50. The lowest BCUT2D eigenvalue weighted by molar-refractivity contribution is -0.129. The molecule has 34 heavy (non-hydrogen) atoms. The highest BCUT2D eigenvalue weighted by Crippen LogP contribution is 2.56. The molecular weight excluding hydrogens is 422 g/mol. The van der Waals surface area contributed by atoms with Crippen molar-refractivity contribution in [1.82, 2.24) is 4.90 Å². The van der Waals surface area contributed by atoms with Crippen molar-refractivity contribution in [3.63, 3.8) is 0 Å². The first-order valence-electron chi connectivity index (χ1n) is 12.3. The van der Waals surface area contributed by atoms with Crippen molar-refractivity contribution in [1.29, 1.82) is 0 Å². The number of hydrogen-bond acceptors (Lipinski definition) is 4. The van der Waals surface area contributed by atoms with Crippen LogP contribution in [0.5, 0.6) is 0 Å². The molecule has 0 amide bonds. The van der Waals surface area contributed by atoms with Gasteiger partial charge in [-0.2, -0.15) is 0 Å². The number of rotatable bonds is 6. The summed E-state index contributed by atoms with van der Waals surface area (Å²) in [4.78, 5) is 2.38. The third-order valence-corrected chi connectivity index (χ3v) is 7.72. The van der Waals surface area contributed by atoms with Gasteiger partial charge >= 0.3 is 0 Å². The van der Waals surface area contributed by atoms with Crippen molar-refractivity contribution in [2.45, 2.75) is 75.5 Å². The number of nitrogens with zero attached hydrogens (tertiary/aromatic N) is 1. The summed E-state index contributed by atoms with van der Waals surface area (Å²) in [5.74, 6) is 0. The van der Waals surface area contributed by atoms with Crippen LogP contribution in [0.15, 0.2) is 91.0 Å². The van der Waals surface area contributed by atoms with E-state index in [0.29, 0.717) is 0 Å². The molecule has 3 aromatic rings. The molecule has 3 aliphatic heterocycles. The highest BCUT2D eigenvalue weighted by Gasteiger charge is 2.72. The van der Waals surface area contributed by atoms with Crippen LogP contribution in [-0.2, 0) is 33.5 Å². The summed E-state index contributed by atoms with van der Waals surface area (Å²) >= 11 is 0.